The van der Waals surface area contributed by atoms with Gasteiger partial charge < -0.3 is 84.6 Å². The number of aliphatic hydroxyl groups excluding tert-OH is 10. The number of hydrogen-bond donors (Lipinski definition) is 11. The van der Waals surface area contributed by atoms with Gasteiger partial charge in [-0.3, -0.25) is 4.79 Å². The van der Waals surface area contributed by atoms with Crippen molar-refractivity contribution in [1.82, 2.24) is 0 Å². The maximum atomic E-state index is 14.6. The summed E-state index contributed by atoms with van der Waals surface area (Å²) in [4.78, 5) is 14.6. The molecule has 4 saturated carbocycles. The highest BCUT2D eigenvalue weighted by Crippen LogP contribution is 2.72. The fourth-order valence-corrected chi connectivity index (χ4v) is 14.5. The first kappa shape index (κ1) is 49.0. The molecule has 3 saturated heterocycles. The Kier molecular flexibility index (Phi) is 13.4. The van der Waals surface area contributed by atoms with Crippen molar-refractivity contribution in [3.05, 3.63) is 11.6 Å². The van der Waals surface area contributed by atoms with Crippen LogP contribution in [0.1, 0.15) is 99.3 Å². The van der Waals surface area contributed by atoms with E-state index < -0.39 is 128 Å². The van der Waals surface area contributed by atoms with E-state index in [4.69, 9.17) is 28.4 Å². The number of carbonyl (C=O) groups is 1. The van der Waals surface area contributed by atoms with Crippen molar-refractivity contribution in [2.24, 2.45) is 51.2 Å². The number of hydrogen-bond acceptors (Lipinski definition) is 18. The molecule has 8 rings (SSSR count). The van der Waals surface area contributed by atoms with Crippen LogP contribution in [-0.4, -0.2) is 180 Å². The maximum absolute atomic E-state index is 14.6. The molecule has 7 fully saturated rings. The van der Waals surface area contributed by atoms with Gasteiger partial charge in [0.05, 0.1) is 36.9 Å². The minimum atomic E-state index is -1.74. The lowest BCUT2D eigenvalue weighted by Gasteiger charge is -2.68. The monoisotopic (exact) mass is 914 g/mol. The fraction of sp³-hybridized carbons (Fsp3) is 0.935. The zero-order valence-electron chi connectivity index (χ0n) is 37.9. The summed E-state index contributed by atoms with van der Waals surface area (Å²) in [5.41, 5.74) is -2.27. The minimum absolute atomic E-state index is 0.132. The molecule has 3 aliphatic heterocycles. The highest BCUT2D eigenvalue weighted by molar-refractivity contribution is 5.79. The lowest BCUT2D eigenvalue weighted by atomic mass is 9.37. The second-order valence-corrected chi connectivity index (χ2v) is 22.1. The van der Waals surface area contributed by atoms with Gasteiger partial charge in [-0.1, -0.05) is 46.3 Å². The molecule has 11 N–H and O–H groups in total. The predicted molar refractivity (Wildman–Crippen MR) is 221 cm³/mol. The molecule has 5 aliphatic carbocycles. The van der Waals surface area contributed by atoms with Crippen LogP contribution in [0.3, 0.4) is 0 Å². The zero-order chi connectivity index (χ0) is 46.6. The van der Waals surface area contributed by atoms with Crippen molar-refractivity contribution < 1.29 is 89.4 Å². The number of esters is 1. The van der Waals surface area contributed by atoms with Crippen molar-refractivity contribution in [3.63, 3.8) is 0 Å². The van der Waals surface area contributed by atoms with Gasteiger partial charge in [-0.2, -0.15) is 0 Å². The molecule has 8 aliphatic rings. The van der Waals surface area contributed by atoms with Crippen LogP contribution in [0.2, 0.25) is 0 Å². The quantitative estimate of drug-likeness (QED) is 0.0820. The Balaban J connectivity index is 1.00. The van der Waals surface area contributed by atoms with Crippen molar-refractivity contribution in [2.75, 3.05) is 19.8 Å². The maximum Gasteiger partial charge on any atom is 0.315 e. The van der Waals surface area contributed by atoms with Crippen molar-refractivity contribution in [1.29, 1.82) is 0 Å². The average molecular weight is 915 g/mol. The smallest absolute Gasteiger partial charge is 0.315 e. The molecule has 18 nitrogen and oxygen atoms in total. The first-order valence-corrected chi connectivity index (χ1v) is 23.5. The molecule has 366 valence electrons. The molecule has 0 aromatic carbocycles. The second-order valence-electron chi connectivity index (χ2n) is 22.1. The van der Waals surface area contributed by atoms with Crippen LogP contribution in [0.15, 0.2) is 11.6 Å². The SMILES string of the molecule is C[C@@H]1CC[C@]2(C(=O)O[C@@H]3O[C@H](CO)[C@@H](O)[C@H](O)[C@H]3O)CC[C@]3(C)C(=CCC4C3CCC3C(C)(C)C(O[C@@H]5OC[C@H](O)[C@H](O[C@@H]6O[C@H](CO)[C@@H](O)[C@H](O)[C@H]6O)[C@H]5O)CC[C@]43C)C2[C@]1(C)O. The summed E-state index contributed by atoms with van der Waals surface area (Å²) in [5.74, 6) is -0.674. The second kappa shape index (κ2) is 17.5. The largest absolute Gasteiger partial charge is 0.432 e. The molecule has 5 unspecified atom stereocenters. The van der Waals surface area contributed by atoms with Crippen molar-refractivity contribution >= 4 is 5.97 Å². The minimum Gasteiger partial charge on any atom is -0.432 e. The van der Waals surface area contributed by atoms with Crippen LogP contribution < -0.4 is 0 Å². The number of carbonyl (C=O) groups excluding carboxylic acids is 1. The molecular formula is C46H74O18. The molecule has 0 amide bonds. The highest BCUT2D eigenvalue weighted by atomic mass is 16.7. The average Bonchev–Trinajstić information content (AvgIpc) is 3.25. The fourth-order valence-electron chi connectivity index (χ4n) is 14.5. The molecule has 0 aromatic heterocycles. The number of allylic oxidation sites excluding steroid dienone is 1. The van der Waals surface area contributed by atoms with E-state index in [0.717, 1.165) is 31.3 Å². The normalized spacial score (nSPS) is 54.9. The van der Waals surface area contributed by atoms with Crippen LogP contribution in [0.4, 0.5) is 0 Å². The highest BCUT2D eigenvalue weighted by Gasteiger charge is 2.69. The molecule has 3 heterocycles. The van der Waals surface area contributed by atoms with E-state index >= 15 is 0 Å². The summed E-state index contributed by atoms with van der Waals surface area (Å²) < 4.78 is 35.4. The van der Waals surface area contributed by atoms with Crippen LogP contribution in [0.5, 0.6) is 0 Å². The van der Waals surface area contributed by atoms with E-state index in [2.05, 4.69) is 33.8 Å². The van der Waals surface area contributed by atoms with Gasteiger partial charge in [0.25, 0.3) is 0 Å². The van der Waals surface area contributed by atoms with Gasteiger partial charge in [0.15, 0.2) is 12.6 Å². The molecule has 24 atom stereocenters. The van der Waals surface area contributed by atoms with Crippen LogP contribution in [0, 0.1) is 51.2 Å². The summed E-state index contributed by atoms with van der Waals surface area (Å²) in [6, 6.07) is 0. The van der Waals surface area contributed by atoms with Gasteiger partial charge in [-0.05, 0) is 105 Å². The Morgan fingerprint density at radius 1 is 0.703 bits per heavy atom. The summed E-state index contributed by atoms with van der Waals surface area (Å²) in [6.07, 6.45) is -13.2. The topological polar surface area (TPSA) is 295 Å². The summed E-state index contributed by atoms with van der Waals surface area (Å²) in [5, 5.41) is 117. The molecule has 18 heteroatoms. The number of fused-ring (bicyclic) bond motifs is 7. The Hall–Kier alpha value is -1.43. The van der Waals surface area contributed by atoms with Gasteiger partial charge in [0, 0.05) is 5.92 Å². The van der Waals surface area contributed by atoms with Gasteiger partial charge in [0.2, 0.25) is 6.29 Å². The molecule has 64 heavy (non-hydrogen) atoms. The van der Waals surface area contributed by atoms with Crippen LogP contribution in [-0.2, 0) is 33.2 Å². The molecule has 0 aromatic rings. The van der Waals surface area contributed by atoms with Gasteiger partial charge in [-0.25, -0.2) is 0 Å². The van der Waals surface area contributed by atoms with E-state index in [9.17, 15) is 61.0 Å². The first-order chi connectivity index (χ1) is 30.0. The third-order valence-electron chi connectivity index (χ3n) is 18.5. The Morgan fingerprint density at radius 2 is 1.33 bits per heavy atom. The van der Waals surface area contributed by atoms with Crippen molar-refractivity contribution in [2.45, 2.75) is 197 Å². The first-order valence-electron chi connectivity index (χ1n) is 23.5. The third kappa shape index (κ3) is 7.56. The summed E-state index contributed by atoms with van der Waals surface area (Å²) >= 11 is 0. The molecule has 0 radical (unpaired) electrons. The summed E-state index contributed by atoms with van der Waals surface area (Å²) in [6.45, 7) is 11.3. The van der Waals surface area contributed by atoms with Gasteiger partial charge in [0.1, 0.15) is 67.1 Å². The van der Waals surface area contributed by atoms with E-state index in [-0.39, 0.29) is 47.2 Å². The Morgan fingerprint density at radius 3 is 1.97 bits per heavy atom. The van der Waals surface area contributed by atoms with Gasteiger partial charge >= 0.3 is 5.97 Å². The van der Waals surface area contributed by atoms with Crippen molar-refractivity contribution in [3.8, 4) is 0 Å². The zero-order valence-corrected chi connectivity index (χ0v) is 37.9. The molecule has 0 spiro atoms. The standard InChI is InChI=1S/C46H74O18/c1-20-11-14-46(41(57)64-40-34(55)32(53)30(51)26(18-48)61-40)16-15-43(4)21-9-10-27-42(2,3)28(12-13-44(27,5)22(21)7-8-23(43)37(46)45(20,6)58)62-38-35(56)36(24(49)19-59-38)63-39-33(54)31(52)29(50)25(17-47)60-39/h8,20-22,24-40,47-56,58H,7,9-19H2,1-6H3/t20-,21?,22?,24+,25-,26-,27?,28?,29-,30-,31+,32+,33-,34-,35-,36+,37?,38+,39+,40+,43+,44-,45-,46+/m1/s1. The number of rotatable bonds is 8. The third-order valence-corrected chi connectivity index (χ3v) is 18.5. The Bertz CT molecular complexity index is 1720. The van der Waals surface area contributed by atoms with E-state index in [1.54, 1.807) is 0 Å². The summed E-state index contributed by atoms with van der Waals surface area (Å²) in [7, 11) is 0. The van der Waals surface area contributed by atoms with E-state index in [1.165, 1.54) is 0 Å². The lowest BCUT2D eigenvalue weighted by molar-refractivity contribution is -0.356. The Labute approximate surface area is 374 Å². The number of aliphatic hydroxyl groups is 11. The predicted octanol–water partition coefficient (Wildman–Crippen LogP) is -0.640. The molecular weight excluding hydrogens is 840 g/mol. The van der Waals surface area contributed by atoms with E-state index in [1.807, 2.05) is 13.8 Å². The van der Waals surface area contributed by atoms with E-state index in [0.29, 0.717) is 32.1 Å². The number of ether oxygens (including phenoxy) is 6. The molecule has 0 bridgehead atoms. The van der Waals surface area contributed by atoms with Crippen LogP contribution in [0.25, 0.3) is 0 Å². The van der Waals surface area contributed by atoms with Crippen LogP contribution >= 0.6 is 0 Å². The lowest BCUT2D eigenvalue weighted by Crippen LogP contribution is -2.66. The van der Waals surface area contributed by atoms with Gasteiger partial charge in [-0.15, -0.1) is 0 Å².